The van der Waals surface area contributed by atoms with Gasteiger partial charge in [-0.05, 0) is 42.5 Å². The van der Waals surface area contributed by atoms with Crippen molar-refractivity contribution in [3.63, 3.8) is 0 Å². The van der Waals surface area contributed by atoms with E-state index in [0.29, 0.717) is 0 Å². The van der Waals surface area contributed by atoms with Gasteiger partial charge >= 0.3 is 0 Å². The van der Waals surface area contributed by atoms with Gasteiger partial charge in [0, 0.05) is 11.1 Å². The van der Waals surface area contributed by atoms with Gasteiger partial charge in [-0.15, -0.1) is 0 Å². The topological polar surface area (TPSA) is 17.1 Å². The first-order chi connectivity index (χ1) is 8.08. The molecule has 0 amide bonds. The van der Waals surface area contributed by atoms with E-state index in [4.69, 9.17) is 11.6 Å². The van der Waals surface area contributed by atoms with Crippen molar-refractivity contribution >= 4 is 17.4 Å². The summed E-state index contributed by atoms with van der Waals surface area (Å²) >= 11 is 5.81. The van der Waals surface area contributed by atoms with Gasteiger partial charge in [0.15, 0.2) is 5.78 Å². The Labute approximate surface area is 102 Å². The maximum atomic E-state index is 13.0. The number of carbonyl (C=O) groups excluding carboxylic acids is 1. The molecule has 17 heavy (non-hydrogen) atoms. The molecular formula is C13H7ClF2O. The lowest BCUT2D eigenvalue weighted by Gasteiger charge is -2.03. The highest BCUT2D eigenvalue weighted by Crippen LogP contribution is 2.20. The van der Waals surface area contributed by atoms with Gasteiger partial charge in [-0.25, -0.2) is 8.78 Å². The Morgan fingerprint density at radius 2 is 1.53 bits per heavy atom. The first kappa shape index (κ1) is 11.7. The minimum Gasteiger partial charge on any atom is -0.289 e. The summed E-state index contributed by atoms with van der Waals surface area (Å²) in [5.74, 6) is -1.42. The molecule has 0 bridgehead atoms. The number of benzene rings is 2. The van der Waals surface area contributed by atoms with Gasteiger partial charge in [-0.2, -0.15) is 0 Å². The second kappa shape index (κ2) is 4.63. The van der Waals surface area contributed by atoms with Crippen molar-refractivity contribution in [3.05, 3.63) is 70.2 Å². The monoisotopic (exact) mass is 252 g/mol. The number of rotatable bonds is 2. The molecule has 0 saturated carbocycles. The molecule has 0 atom stereocenters. The number of hydrogen-bond donors (Lipinski definition) is 0. The number of halogens is 3. The number of carbonyl (C=O) groups is 1. The van der Waals surface area contributed by atoms with Gasteiger partial charge < -0.3 is 0 Å². The van der Waals surface area contributed by atoms with Gasteiger partial charge in [0.05, 0.1) is 5.02 Å². The quantitative estimate of drug-likeness (QED) is 0.742. The van der Waals surface area contributed by atoms with Crippen LogP contribution >= 0.6 is 11.6 Å². The maximum Gasteiger partial charge on any atom is 0.194 e. The SMILES string of the molecule is O=C(c1ccc(F)cc1)c1cc(F)ccc1Cl. The van der Waals surface area contributed by atoms with Crippen LogP contribution in [0.3, 0.4) is 0 Å². The summed E-state index contributed by atoms with van der Waals surface area (Å²) in [6.45, 7) is 0. The Kier molecular flexibility index (Phi) is 3.20. The Balaban J connectivity index is 2.43. The summed E-state index contributed by atoms with van der Waals surface area (Å²) in [6, 6.07) is 8.55. The predicted octanol–water partition coefficient (Wildman–Crippen LogP) is 3.85. The molecule has 0 aliphatic rings. The van der Waals surface area contributed by atoms with Gasteiger partial charge in [-0.1, -0.05) is 11.6 Å². The Bertz CT molecular complexity index is 564. The van der Waals surface area contributed by atoms with Crippen LogP contribution in [0, 0.1) is 11.6 Å². The summed E-state index contributed by atoms with van der Waals surface area (Å²) in [7, 11) is 0. The van der Waals surface area contributed by atoms with Crippen LogP contribution < -0.4 is 0 Å². The largest absolute Gasteiger partial charge is 0.289 e. The molecule has 4 heteroatoms. The molecule has 0 heterocycles. The van der Waals surface area contributed by atoms with Gasteiger partial charge in [0.1, 0.15) is 11.6 Å². The van der Waals surface area contributed by atoms with Crippen molar-refractivity contribution in [2.45, 2.75) is 0 Å². The first-order valence-electron chi connectivity index (χ1n) is 4.83. The molecule has 0 saturated heterocycles. The molecule has 2 aromatic carbocycles. The van der Waals surface area contributed by atoms with Crippen molar-refractivity contribution in [2.24, 2.45) is 0 Å². The zero-order chi connectivity index (χ0) is 12.4. The van der Waals surface area contributed by atoms with Crippen LogP contribution in [0.1, 0.15) is 15.9 Å². The molecule has 0 aliphatic heterocycles. The van der Waals surface area contributed by atoms with Crippen LogP contribution in [0.25, 0.3) is 0 Å². The van der Waals surface area contributed by atoms with Crippen molar-refractivity contribution < 1.29 is 13.6 Å². The van der Waals surface area contributed by atoms with Gasteiger partial charge in [0.25, 0.3) is 0 Å². The van der Waals surface area contributed by atoms with Crippen molar-refractivity contribution in [2.75, 3.05) is 0 Å². The third-order valence-corrected chi connectivity index (χ3v) is 2.61. The molecule has 0 radical (unpaired) electrons. The normalized spacial score (nSPS) is 10.3. The van der Waals surface area contributed by atoms with Gasteiger partial charge in [-0.3, -0.25) is 4.79 Å². The highest BCUT2D eigenvalue weighted by molar-refractivity contribution is 6.34. The molecule has 0 fully saturated rings. The molecule has 0 aromatic heterocycles. The summed E-state index contributed by atoms with van der Waals surface area (Å²) in [5.41, 5.74) is 0.331. The first-order valence-corrected chi connectivity index (χ1v) is 5.21. The molecule has 86 valence electrons. The van der Waals surface area contributed by atoms with Crippen LogP contribution in [0.5, 0.6) is 0 Å². The number of ketones is 1. The van der Waals surface area contributed by atoms with Crippen LogP contribution in [0.2, 0.25) is 5.02 Å². The zero-order valence-corrected chi connectivity index (χ0v) is 9.34. The summed E-state index contributed by atoms with van der Waals surface area (Å²) in [4.78, 5) is 12.0. The Hall–Kier alpha value is -1.74. The molecule has 1 nitrogen and oxygen atoms in total. The average molecular weight is 253 g/mol. The maximum absolute atomic E-state index is 13.0. The van der Waals surface area contributed by atoms with Crippen LogP contribution in [0.15, 0.2) is 42.5 Å². The summed E-state index contributed by atoms with van der Waals surface area (Å²) < 4.78 is 25.7. The van der Waals surface area contributed by atoms with Crippen molar-refractivity contribution in [1.82, 2.24) is 0 Å². The Morgan fingerprint density at radius 3 is 2.18 bits per heavy atom. The van der Waals surface area contributed by atoms with Crippen LogP contribution in [0.4, 0.5) is 8.78 Å². The van der Waals surface area contributed by atoms with Crippen LogP contribution in [-0.4, -0.2) is 5.78 Å². The molecule has 2 rings (SSSR count). The highest BCUT2D eigenvalue weighted by atomic mass is 35.5. The van der Waals surface area contributed by atoms with E-state index in [1.807, 2.05) is 0 Å². The number of hydrogen-bond acceptors (Lipinski definition) is 1. The molecule has 0 aliphatic carbocycles. The molecule has 0 spiro atoms. The summed E-state index contributed by atoms with van der Waals surface area (Å²) in [5, 5.41) is 0.167. The molecule has 0 N–H and O–H groups in total. The van der Waals surface area contributed by atoms with E-state index in [1.165, 1.54) is 36.4 Å². The third-order valence-electron chi connectivity index (χ3n) is 2.28. The second-order valence-corrected chi connectivity index (χ2v) is 3.87. The zero-order valence-electron chi connectivity index (χ0n) is 8.58. The van der Waals surface area contributed by atoms with E-state index in [-0.39, 0.29) is 16.1 Å². The fourth-order valence-electron chi connectivity index (χ4n) is 1.43. The highest BCUT2D eigenvalue weighted by Gasteiger charge is 2.13. The third kappa shape index (κ3) is 2.50. The standard InChI is InChI=1S/C13H7ClF2O/c14-12-6-5-10(16)7-11(12)13(17)8-1-3-9(15)4-2-8/h1-7H. The fraction of sp³-hybridized carbons (Fsp3) is 0. The average Bonchev–Trinajstić information content (AvgIpc) is 2.32. The molecule has 2 aromatic rings. The van der Waals surface area contributed by atoms with E-state index in [9.17, 15) is 13.6 Å². The summed E-state index contributed by atoms with van der Waals surface area (Å²) in [6.07, 6.45) is 0. The smallest absolute Gasteiger partial charge is 0.194 e. The van der Waals surface area contributed by atoms with Crippen molar-refractivity contribution in [3.8, 4) is 0 Å². The molecular weight excluding hydrogens is 246 g/mol. The minimum absolute atomic E-state index is 0.0678. The Morgan fingerprint density at radius 1 is 0.941 bits per heavy atom. The predicted molar refractivity (Wildman–Crippen MR) is 61.2 cm³/mol. The van der Waals surface area contributed by atoms with E-state index >= 15 is 0 Å². The lowest BCUT2D eigenvalue weighted by atomic mass is 10.0. The molecule has 0 unspecified atom stereocenters. The fourth-order valence-corrected chi connectivity index (χ4v) is 1.63. The van der Waals surface area contributed by atoms with Crippen molar-refractivity contribution in [1.29, 1.82) is 0 Å². The van der Waals surface area contributed by atoms with Crippen LogP contribution in [-0.2, 0) is 0 Å². The van der Waals surface area contributed by atoms with Gasteiger partial charge in [0.2, 0.25) is 0 Å². The second-order valence-electron chi connectivity index (χ2n) is 3.46. The minimum atomic E-state index is -0.542. The van der Waals surface area contributed by atoms with E-state index in [1.54, 1.807) is 0 Å². The lowest BCUT2D eigenvalue weighted by molar-refractivity contribution is 0.103. The lowest BCUT2D eigenvalue weighted by Crippen LogP contribution is -2.02. The van der Waals surface area contributed by atoms with E-state index in [2.05, 4.69) is 0 Å². The van der Waals surface area contributed by atoms with E-state index < -0.39 is 17.4 Å². The van der Waals surface area contributed by atoms with E-state index in [0.717, 1.165) is 6.07 Å².